The van der Waals surface area contributed by atoms with Gasteiger partial charge in [-0.25, -0.2) is 4.79 Å². The first kappa shape index (κ1) is 14.8. The maximum absolute atomic E-state index is 12.2. The van der Waals surface area contributed by atoms with Crippen molar-refractivity contribution in [1.82, 2.24) is 15.1 Å². The Kier molecular flexibility index (Phi) is 4.07. The summed E-state index contributed by atoms with van der Waals surface area (Å²) >= 11 is 0. The highest BCUT2D eigenvalue weighted by atomic mass is 16.4. The van der Waals surface area contributed by atoms with E-state index in [1.165, 1.54) is 12.1 Å². The molecule has 0 aliphatic heterocycles. The zero-order valence-electron chi connectivity index (χ0n) is 12.2. The van der Waals surface area contributed by atoms with E-state index < -0.39 is 5.97 Å². The number of aryl methyl sites for hydroxylation is 2. The van der Waals surface area contributed by atoms with Crippen LogP contribution >= 0.6 is 0 Å². The number of carboxylic acid groups (broad SMARTS) is 1. The molecule has 0 bridgehead atoms. The van der Waals surface area contributed by atoms with Crippen LogP contribution in [0.5, 0.6) is 0 Å². The smallest absolute Gasteiger partial charge is 0.335 e. The Hall–Kier alpha value is -2.63. The van der Waals surface area contributed by atoms with E-state index in [0.29, 0.717) is 17.8 Å². The highest BCUT2D eigenvalue weighted by Crippen LogP contribution is 2.12. The van der Waals surface area contributed by atoms with Crippen LogP contribution in [-0.4, -0.2) is 26.8 Å². The van der Waals surface area contributed by atoms with E-state index in [-0.39, 0.29) is 11.5 Å². The lowest BCUT2D eigenvalue weighted by Crippen LogP contribution is -2.24. The van der Waals surface area contributed by atoms with Gasteiger partial charge >= 0.3 is 5.97 Å². The molecule has 0 spiro atoms. The number of aromatic nitrogens is 2. The first-order valence-corrected chi connectivity index (χ1v) is 6.50. The fourth-order valence-corrected chi connectivity index (χ4v) is 2.14. The largest absolute Gasteiger partial charge is 0.478 e. The van der Waals surface area contributed by atoms with E-state index in [9.17, 15) is 9.59 Å². The topological polar surface area (TPSA) is 84.2 Å². The van der Waals surface area contributed by atoms with Crippen LogP contribution in [0.25, 0.3) is 0 Å². The number of carbonyl (C=O) groups excluding carboxylic acids is 1. The molecule has 0 saturated carbocycles. The van der Waals surface area contributed by atoms with E-state index in [2.05, 4.69) is 10.4 Å². The van der Waals surface area contributed by atoms with Crippen LogP contribution in [-0.2, 0) is 13.6 Å². The second kappa shape index (κ2) is 5.78. The summed E-state index contributed by atoms with van der Waals surface area (Å²) < 4.78 is 1.67. The molecule has 1 aromatic heterocycles. The first-order valence-electron chi connectivity index (χ1n) is 6.50. The quantitative estimate of drug-likeness (QED) is 0.895. The molecule has 0 aliphatic rings. The van der Waals surface area contributed by atoms with Crippen molar-refractivity contribution in [3.8, 4) is 0 Å². The van der Waals surface area contributed by atoms with Crippen molar-refractivity contribution in [2.75, 3.05) is 0 Å². The molecule has 6 heteroatoms. The minimum Gasteiger partial charge on any atom is -0.478 e. The van der Waals surface area contributed by atoms with E-state index in [1.54, 1.807) is 30.8 Å². The summed E-state index contributed by atoms with van der Waals surface area (Å²) in [5, 5.41) is 15.9. The molecule has 110 valence electrons. The monoisotopic (exact) mass is 287 g/mol. The molecule has 2 aromatic rings. The van der Waals surface area contributed by atoms with Crippen molar-refractivity contribution in [3.63, 3.8) is 0 Å². The molecular formula is C15H17N3O3. The van der Waals surface area contributed by atoms with Crippen LogP contribution in [0, 0.1) is 13.8 Å². The Morgan fingerprint density at radius 3 is 2.33 bits per heavy atom. The fraction of sp³-hybridized carbons (Fsp3) is 0.267. The Bertz CT molecular complexity index is 687. The molecule has 0 radical (unpaired) electrons. The predicted molar refractivity (Wildman–Crippen MR) is 77.3 cm³/mol. The molecule has 6 nitrogen and oxygen atoms in total. The molecule has 21 heavy (non-hydrogen) atoms. The molecule has 2 rings (SSSR count). The summed E-state index contributed by atoms with van der Waals surface area (Å²) in [6, 6.07) is 6.41. The van der Waals surface area contributed by atoms with Gasteiger partial charge in [0.25, 0.3) is 5.91 Å². The zero-order chi connectivity index (χ0) is 15.6. The number of nitrogens with one attached hydrogen (secondary N) is 1. The van der Waals surface area contributed by atoms with Gasteiger partial charge in [0.1, 0.15) is 0 Å². The van der Waals surface area contributed by atoms with E-state index in [0.717, 1.165) is 11.3 Å². The molecule has 0 atom stereocenters. The average Bonchev–Trinajstić information content (AvgIpc) is 2.70. The van der Waals surface area contributed by atoms with Gasteiger partial charge in [-0.3, -0.25) is 9.48 Å². The van der Waals surface area contributed by atoms with Gasteiger partial charge in [-0.05, 0) is 31.5 Å². The highest BCUT2D eigenvalue weighted by Gasteiger charge is 2.16. The summed E-state index contributed by atoms with van der Waals surface area (Å²) in [6.07, 6.45) is 0. The number of rotatable bonds is 4. The van der Waals surface area contributed by atoms with Gasteiger partial charge in [-0.1, -0.05) is 12.1 Å². The van der Waals surface area contributed by atoms with Gasteiger partial charge in [0.2, 0.25) is 0 Å². The Labute approximate surface area is 122 Å². The number of benzene rings is 1. The molecule has 1 aromatic carbocycles. The minimum atomic E-state index is -0.966. The average molecular weight is 287 g/mol. The normalized spacial score (nSPS) is 10.4. The summed E-state index contributed by atoms with van der Waals surface area (Å²) in [4.78, 5) is 23.0. The van der Waals surface area contributed by atoms with Crippen LogP contribution in [0.4, 0.5) is 0 Å². The first-order chi connectivity index (χ1) is 9.90. The van der Waals surface area contributed by atoms with Crippen LogP contribution in [0.15, 0.2) is 24.3 Å². The molecule has 0 unspecified atom stereocenters. The standard InChI is InChI=1S/C15H17N3O3/c1-9-13(10(2)18(3)17-9)14(19)16-8-11-4-6-12(7-5-11)15(20)21/h4-7H,8H2,1-3H3,(H,16,19)(H,20,21). The van der Waals surface area contributed by atoms with Gasteiger partial charge in [-0.15, -0.1) is 0 Å². The minimum absolute atomic E-state index is 0.180. The summed E-state index contributed by atoms with van der Waals surface area (Å²) in [6.45, 7) is 3.98. The molecule has 0 saturated heterocycles. The molecule has 0 fully saturated rings. The van der Waals surface area contributed by atoms with Crippen LogP contribution < -0.4 is 5.32 Å². The summed E-state index contributed by atoms with van der Waals surface area (Å²) in [7, 11) is 1.80. The maximum atomic E-state index is 12.2. The Morgan fingerprint density at radius 2 is 1.86 bits per heavy atom. The number of aromatic carboxylic acids is 1. The van der Waals surface area contributed by atoms with Gasteiger partial charge in [0.05, 0.1) is 16.8 Å². The summed E-state index contributed by atoms with van der Waals surface area (Å²) in [5.74, 6) is -1.15. The zero-order valence-corrected chi connectivity index (χ0v) is 12.2. The predicted octanol–water partition coefficient (Wildman–Crippen LogP) is 1.67. The van der Waals surface area contributed by atoms with Gasteiger partial charge in [-0.2, -0.15) is 5.10 Å². The number of hydrogen-bond donors (Lipinski definition) is 2. The number of amides is 1. The lowest BCUT2D eigenvalue weighted by Gasteiger charge is -2.06. The fourth-order valence-electron chi connectivity index (χ4n) is 2.14. The van der Waals surface area contributed by atoms with Gasteiger partial charge in [0, 0.05) is 19.3 Å². The maximum Gasteiger partial charge on any atom is 0.335 e. The van der Waals surface area contributed by atoms with Crippen LogP contribution in [0.1, 0.15) is 37.7 Å². The Morgan fingerprint density at radius 1 is 1.24 bits per heavy atom. The molecule has 1 heterocycles. The second-order valence-corrected chi connectivity index (χ2v) is 4.85. The third kappa shape index (κ3) is 3.10. The second-order valence-electron chi connectivity index (χ2n) is 4.85. The molecular weight excluding hydrogens is 270 g/mol. The molecule has 0 aliphatic carbocycles. The number of hydrogen-bond acceptors (Lipinski definition) is 3. The third-order valence-corrected chi connectivity index (χ3v) is 3.39. The Balaban J connectivity index is 2.05. The molecule has 1 amide bonds. The van der Waals surface area contributed by atoms with Crippen LogP contribution in [0.2, 0.25) is 0 Å². The highest BCUT2D eigenvalue weighted by molar-refractivity contribution is 5.96. The van der Waals surface area contributed by atoms with Crippen molar-refractivity contribution < 1.29 is 14.7 Å². The van der Waals surface area contributed by atoms with E-state index in [1.807, 2.05) is 6.92 Å². The van der Waals surface area contributed by atoms with Gasteiger partial charge in [0.15, 0.2) is 0 Å². The lowest BCUT2D eigenvalue weighted by molar-refractivity contribution is 0.0696. The van der Waals surface area contributed by atoms with Crippen molar-refractivity contribution in [2.24, 2.45) is 7.05 Å². The number of nitrogens with zero attached hydrogens (tertiary/aromatic N) is 2. The van der Waals surface area contributed by atoms with Crippen molar-refractivity contribution in [2.45, 2.75) is 20.4 Å². The van der Waals surface area contributed by atoms with E-state index in [4.69, 9.17) is 5.11 Å². The lowest BCUT2D eigenvalue weighted by atomic mass is 10.1. The number of carboxylic acids is 1. The van der Waals surface area contributed by atoms with E-state index >= 15 is 0 Å². The SMILES string of the molecule is Cc1nn(C)c(C)c1C(=O)NCc1ccc(C(=O)O)cc1. The third-order valence-electron chi connectivity index (χ3n) is 3.39. The van der Waals surface area contributed by atoms with Crippen molar-refractivity contribution >= 4 is 11.9 Å². The van der Waals surface area contributed by atoms with Gasteiger partial charge < -0.3 is 10.4 Å². The number of carbonyl (C=O) groups is 2. The van der Waals surface area contributed by atoms with Crippen LogP contribution in [0.3, 0.4) is 0 Å². The van der Waals surface area contributed by atoms with Crippen molar-refractivity contribution in [3.05, 3.63) is 52.3 Å². The summed E-state index contributed by atoms with van der Waals surface area (Å²) in [5.41, 5.74) is 3.15. The van der Waals surface area contributed by atoms with Crippen molar-refractivity contribution in [1.29, 1.82) is 0 Å². The molecule has 2 N–H and O–H groups in total.